The summed E-state index contributed by atoms with van der Waals surface area (Å²) in [6, 6.07) is 7.03. The molecule has 1 aliphatic carbocycles. The second-order valence-electron chi connectivity index (χ2n) is 8.56. The summed E-state index contributed by atoms with van der Waals surface area (Å²) in [4.78, 5) is 33.7. The Balaban J connectivity index is 1.65. The molecule has 1 aliphatic rings. The van der Waals surface area contributed by atoms with Crippen molar-refractivity contribution >= 4 is 39.1 Å². The first-order valence-electron chi connectivity index (χ1n) is 11.0. The van der Waals surface area contributed by atoms with Gasteiger partial charge in [-0.3, -0.25) is 4.79 Å². The van der Waals surface area contributed by atoms with E-state index < -0.39 is 23.5 Å². The lowest BCUT2D eigenvalue weighted by Crippen LogP contribution is -2.19. The molecule has 0 atom stereocenters. The molecule has 0 spiro atoms. The number of halogens is 2. The van der Waals surface area contributed by atoms with Crippen LogP contribution in [0.3, 0.4) is 0 Å². The Morgan fingerprint density at radius 2 is 1.94 bits per heavy atom. The number of esters is 1. The Morgan fingerprint density at radius 1 is 1.21 bits per heavy atom. The number of ether oxygens (including phenoxy) is 1. The molecule has 2 heterocycles. The monoisotopic (exact) mass is 489 g/mol. The van der Waals surface area contributed by atoms with Crippen LogP contribution in [0.25, 0.3) is 10.2 Å². The number of thiazole rings is 1. The van der Waals surface area contributed by atoms with Crippen molar-refractivity contribution in [1.82, 2.24) is 9.97 Å². The van der Waals surface area contributed by atoms with Crippen molar-refractivity contribution in [2.45, 2.75) is 44.4 Å². The molecule has 1 fully saturated rings. The number of benzene rings is 1. The number of aliphatic hydroxyl groups is 1. The van der Waals surface area contributed by atoms with E-state index in [0.29, 0.717) is 18.4 Å². The highest BCUT2D eigenvalue weighted by atomic mass is 32.1. The molecule has 1 aromatic carbocycles. The first kappa shape index (κ1) is 24.2. The Morgan fingerprint density at radius 3 is 2.59 bits per heavy atom. The minimum atomic E-state index is -3.19. The summed E-state index contributed by atoms with van der Waals surface area (Å²) in [6.45, 7) is 0.906. The van der Waals surface area contributed by atoms with Crippen molar-refractivity contribution in [3.63, 3.8) is 0 Å². The van der Waals surface area contributed by atoms with E-state index in [9.17, 15) is 23.5 Å². The standard InChI is InChI=1S/C24H25F2N3O4S/c1-24(25,26)20-5-3-4-16(27-20)21(31)28-17-11-19-18(10-15(17)23(32)33-2)29-22(34-19)14-8-6-13(12-30)7-9-14/h3-5,10-11,13-14,30H,6-9,12H2,1-2H3,(H,28,31)/t13-,14-. The number of pyridine rings is 1. The molecule has 0 unspecified atom stereocenters. The van der Waals surface area contributed by atoms with Gasteiger partial charge in [0.15, 0.2) is 0 Å². The fourth-order valence-electron chi connectivity index (χ4n) is 4.13. The van der Waals surface area contributed by atoms with Crippen molar-refractivity contribution in [3.8, 4) is 0 Å². The minimum absolute atomic E-state index is 0.112. The van der Waals surface area contributed by atoms with Gasteiger partial charge in [-0.1, -0.05) is 6.07 Å². The molecule has 7 nitrogen and oxygen atoms in total. The molecular weight excluding hydrogens is 464 g/mol. The number of nitrogens with one attached hydrogen (secondary N) is 1. The highest BCUT2D eigenvalue weighted by Crippen LogP contribution is 2.40. The summed E-state index contributed by atoms with van der Waals surface area (Å²) < 4.78 is 32.9. The predicted molar refractivity (Wildman–Crippen MR) is 125 cm³/mol. The van der Waals surface area contributed by atoms with Crippen LogP contribution in [0, 0.1) is 5.92 Å². The number of hydrogen-bond donors (Lipinski definition) is 2. The summed E-state index contributed by atoms with van der Waals surface area (Å²) in [5.41, 5.74) is 0.209. The van der Waals surface area contributed by atoms with Crippen LogP contribution in [0.2, 0.25) is 0 Å². The molecule has 1 amide bonds. The van der Waals surface area contributed by atoms with Crippen LogP contribution in [-0.2, 0) is 10.7 Å². The molecule has 4 rings (SSSR count). The van der Waals surface area contributed by atoms with Crippen molar-refractivity contribution in [3.05, 3.63) is 52.3 Å². The number of alkyl halides is 2. The van der Waals surface area contributed by atoms with Gasteiger partial charge in [-0.05, 0) is 55.9 Å². The molecule has 0 bridgehead atoms. The van der Waals surface area contributed by atoms with Crippen LogP contribution in [-0.4, -0.2) is 40.7 Å². The van der Waals surface area contributed by atoms with Crippen LogP contribution >= 0.6 is 11.3 Å². The Hall–Kier alpha value is -2.98. The van der Waals surface area contributed by atoms with E-state index in [1.807, 2.05) is 0 Å². The van der Waals surface area contributed by atoms with Crippen molar-refractivity contribution < 1.29 is 28.2 Å². The average molecular weight is 490 g/mol. The summed E-state index contributed by atoms with van der Waals surface area (Å²) in [5, 5.41) is 12.9. The normalized spacial score (nSPS) is 18.6. The molecular formula is C24H25F2N3O4S. The van der Waals surface area contributed by atoms with Crippen molar-refractivity contribution in [2.75, 3.05) is 19.0 Å². The number of amides is 1. The van der Waals surface area contributed by atoms with Crippen LogP contribution in [0.1, 0.15) is 70.1 Å². The maximum atomic E-state index is 13.6. The summed E-state index contributed by atoms with van der Waals surface area (Å²) >= 11 is 1.49. The first-order valence-corrected chi connectivity index (χ1v) is 11.8. The Bertz CT molecular complexity index is 1220. The van der Waals surface area contributed by atoms with Gasteiger partial charge < -0.3 is 15.2 Å². The molecule has 1 saturated carbocycles. The second-order valence-corrected chi connectivity index (χ2v) is 9.62. The maximum Gasteiger partial charge on any atom is 0.340 e. The first-order chi connectivity index (χ1) is 16.2. The zero-order valence-corrected chi connectivity index (χ0v) is 19.6. The molecule has 10 heteroatoms. The number of nitrogens with zero attached hydrogens (tertiary/aromatic N) is 2. The smallest absolute Gasteiger partial charge is 0.340 e. The van der Waals surface area contributed by atoms with E-state index in [-0.39, 0.29) is 29.5 Å². The third-order valence-corrected chi connectivity index (χ3v) is 7.26. The number of fused-ring (bicyclic) bond motifs is 1. The molecule has 2 aromatic heterocycles. The Labute approximate surface area is 199 Å². The number of aliphatic hydroxyl groups excluding tert-OH is 1. The van der Waals surface area contributed by atoms with Crippen molar-refractivity contribution in [1.29, 1.82) is 0 Å². The minimum Gasteiger partial charge on any atom is -0.465 e. The van der Waals surface area contributed by atoms with Crippen molar-refractivity contribution in [2.24, 2.45) is 5.92 Å². The molecule has 2 N–H and O–H groups in total. The third kappa shape index (κ3) is 5.07. The molecule has 180 valence electrons. The van der Waals surface area contributed by atoms with Crippen LogP contribution in [0.15, 0.2) is 30.3 Å². The van der Waals surface area contributed by atoms with Gasteiger partial charge in [0.05, 0.1) is 33.6 Å². The topological polar surface area (TPSA) is 101 Å². The van der Waals surface area contributed by atoms with E-state index in [0.717, 1.165) is 41.5 Å². The molecule has 34 heavy (non-hydrogen) atoms. The average Bonchev–Trinajstić information content (AvgIpc) is 3.25. The lowest BCUT2D eigenvalue weighted by Gasteiger charge is -2.25. The summed E-state index contributed by atoms with van der Waals surface area (Å²) in [5.74, 6) is -3.96. The van der Waals surface area contributed by atoms with Gasteiger partial charge >= 0.3 is 5.97 Å². The lowest BCUT2D eigenvalue weighted by atomic mass is 9.83. The molecule has 0 radical (unpaired) electrons. The summed E-state index contributed by atoms with van der Waals surface area (Å²) in [6.07, 6.45) is 3.74. The fraction of sp³-hybridized carbons (Fsp3) is 0.417. The predicted octanol–water partition coefficient (Wildman–Crippen LogP) is 5.11. The van der Waals surface area contributed by atoms with Crippen LogP contribution in [0.5, 0.6) is 0 Å². The van der Waals surface area contributed by atoms with E-state index in [1.54, 1.807) is 12.1 Å². The van der Waals surface area contributed by atoms with Gasteiger partial charge in [-0.25, -0.2) is 14.8 Å². The van der Waals surface area contributed by atoms with Gasteiger partial charge in [-0.15, -0.1) is 11.3 Å². The van der Waals surface area contributed by atoms with Gasteiger partial charge in [0.1, 0.15) is 11.4 Å². The van der Waals surface area contributed by atoms with Gasteiger partial charge in [0.25, 0.3) is 11.8 Å². The highest BCUT2D eigenvalue weighted by molar-refractivity contribution is 7.18. The van der Waals surface area contributed by atoms with Gasteiger partial charge in [-0.2, -0.15) is 8.78 Å². The molecule has 0 aliphatic heterocycles. The number of aromatic nitrogens is 2. The number of carbonyl (C=O) groups is 2. The van der Waals surface area contributed by atoms with E-state index >= 15 is 0 Å². The highest BCUT2D eigenvalue weighted by Gasteiger charge is 2.28. The maximum absolute atomic E-state index is 13.6. The lowest BCUT2D eigenvalue weighted by molar-refractivity contribution is 0.0126. The largest absolute Gasteiger partial charge is 0.465 e. The zero-order chi connectivity index (χ0) is 24.5. The molecule has 0 saturated heterocycles. The molecule has 3 aromatic rings. The van der Waals surface area contributed by atoms with E-state index in [4.69, 9.17) is 9.72 Å². The fourth-order valence-corrected chi connectivity index (χ4v) is 5.29. The number of methoxy groups -OCH3 is 1. The zero-order valence-electron chi connectivity index (χ0n) is 18.8. The quantitative estimate of drug-likeness (QED) is 0.467. The summed E-state index contributed by atoms with van der Waals surface area (Å²) in [7, 11) is 1.23. The van der Waals surface area contributed by atoms with Gasteiger partial charge in [0, 0.05) is 19.4 Å². The third-order valence-electron chi connectivity index (χ3n) is 6.08. The van der Waals surface area contributed by atoms with Gasteiger partial charge in [0.2, 0.25) is 0 Å². The van der Waals surface area contributed by atoms with E-state index in [1.165, 1.54) is 30.6 Å². The number of anilines is 1. The van der Waals surface area contributed by atoms with Crippen LogP contribution in [0.4, 0.5) is 14.5 Å². The second kappa shape index (κ2) is 9.71. The SMILES string of the molecule is COC(=O)c1cc2nc([C@H]3CC[C@H](CO)CC3)sc2cc1NC(=O)c1cccc(C(C)(F)F)n1. The number of hydrogen-bond acceptors (Lipinski definition) is 7. The van der Waals surface area contributed by atoms with E-state index in [2.05, 4.69) is 10.3 Å². The number of carbonyl (C=O) groups excluding carboxylic acids is 2. The van der Waals surface area contributed by atoms with Crippen LogP contribution < -0.4 is 5.32 Å². The number of rotatable bonds is 6. The Kier molecular flexibility index (Phi) is 6.90.